The van der Waals surface area contributed by atoms with E-state index in [4.69, 9.17) is 10.5 Å². The first-order chi connectivity index (χ1) is 8.00. The molecule has 0 spiro atoms. The lowest BCUT2D eigenvalue weighted by molar-refractivity contribution is -0.131. The number of nitrogen functional groups attached to an aromatic ring is 1. The number of nitrogens with zero attached hydrogens (tertiary/aromatic N) is 1. The van der Waals surface area contributed by atoms with Gasteiger partial charge in [-0.3, -0.25) is 4.79 Å². The van der Waals surface area contributed by atoms with Gasteiger partial charge in [0.1, 0.15) is 5.75 Å². The van der Waals surface area contributed by atoms with Crippen molar-refractivity contribution in [3.8, 4) is 5.75 Å². The van der Waals surface area contributed by atoms with Crippen LogP contribution >= 0.6 is 0 Å². The Kier molecular flexibility index (Phi) is 4.82. The third-order valence-corrected chi connectivity index (χ3v) is 2.61. The number of ether oxygens (including phenoxy) is 1. The molecule has 0 atom stereocenters. The molecule has 0 radical (unpaired) electrons. The van der Waals surface area contributed by atoms with Crippen molar-refractivity contribution in [2.24, 2.45) is 0 Å². The van der Waals surface area contributed by atoms with Crippen LogP contribution in [0.1, 0.15) is 20.3 Å². The van der Waals surface area contributed by atoms with Crippen molar-refractivity contribution in [1.29, 1.82) is 0 Å². The molecule has 0 fully saturated rings. The molecule has 0 aromatic heterocycles. The monoisotopic (exact) mass is 236 g/mol. The van der Waals surface area contributed by atoms with E-state index in [0.717, 1.165) is 0 Å². The number of amides is 1. The summed E-state index contributed by atoms with van der Waals surface area (Å²) < 4.78 is 5.46. The average molecular weight is 236 g/mol. The molecule has 0 bridgehead atoms. The molecule has 1 aromatic rings. The highest BCUT2D eigenvalue weighted by molar-refractivity contribution is 5.76. The van der Waals surface area contributed by atoms with Gasteiger partial charge in [0, 0.05) is 24.8 Å². The van der Waals surface area contributed by atoms with Crippen LogP contribution in [-0.4, -0.2) is 30.5 Å². The van der Waals surface area contributed by atoms with Gasteiger partial charge in [-0.05, 0) is 26.0 Å². The van der Waals surface area contributed by atoms with Crippen LogP contribution in [-0.2, 0) is 4.79 Å². The zero-order valence-corrected chi connectivity index (χ0v) is 10.6. The van der Waals surface area contributed by atoms with Crippen LogP contribution in [0.15, 0.2) is 24.3 Å². The summed E-state index contributed by atoms with van der Waals surface area (Å²) >= 11 is 0. The predicted octanol–water partition coefficient (Wildman–Crippen LogP) is 1.90. The first kappa shape index (κ1) is 13.4. The minimum atomic E-state index is 0.0869. The zero-order chi connectivity index (χ0) is 12.8. The molecule has 1 amide bonds. The van der Waals surface area contributed by atoms with Gasteiger partial charge in [0.15, 0.2) is 0 Å². The Morgan fingerprint density at radius 1 is 1.47 bits per heavy atom. The van der Waals surface area contributed by atoms with Crippen LogP contribution in [0.4, 0.5) is 5.69 Å². The van der Waals surface area contributed by atoms with Crippen molar-refractivity contribution in [3.63, 3.8) is 0 Å². The van der Waals surface area contributed by atoms with Crippen molar-refractivity contribution in [3.05, 3.63) is 24.3 Å². The highest BCUT2D eigenvalue weighted by Gasteiger charge is 2.11. The Labute approximate surface area is 102 Å². The van der Waals surface area contributed by atoms with E-state index in [2.05, 4.69) is 0 Å². The summed E-state index contributed by atoms with van der Waals surface area (Å²) in [5.41, 5.74) is 6.28. The normalized spacial score (nSPS) is 10.4. The van der Waals surface area contributed by atoms with Crippen LogP contribution in [0.2, 0.25) is 0 Å². The molecule has 17 heavy (non-hydrogen) atoms. The lowest BCUT2D eigenvalue weighted by Crippen LogP contribution is -2.33. The topological polar surface area (TPSA) is 55.6 Å². The standard InChI is InChI=1S/C13H20N2O2/c1-10(2)15(3)13(16)7-8-17-12-6-4-5-11(14)9-12/h4-6,9-10H,7-8,14H2,1-3H3. The second kappa shape index (κ2) is 6.13. The summed E-state index contributed by atoms with van der Waals surface area (Å²) in [6, 6.07) is 7.41. The Hall–Kier alpha value is -1.71. The van der Waals surface area contributed by atoms with Gasteiger partial charge in [0.25, 0.3) is 0 Å². The Morgan fingerprint density at radius 3 is 2.76 bits per heavy atom. The fourth-order valence-electron chi connectivity index (χ4n) is 1.32. The molecule has 2 N–H and O–H groups in total. The zero-order valence-electron chi connectivity index (χ0n) is 10.6. The van der Waals surface area contributed by atoms with Crippen molar-refractivity contribution in [2.75, 3.05) is 19.4 Å². The number of hydrogen-bond donors (Lipinski definition) is 1. The first-order valence-corrected chi connectivity index (χ1v) is 5.74. The van der Waals surface area contributed by atoms with Gasteiger partial charge in [-0.25, -0.2) is 0 Å². The molecule has 0 unspecified atom stereocenters. The van der Waals surface area contributed by atoms with E-state index in [1.54, 1.807) is 24.1 Å². The summed E-state index contributed by atoms with van der Waals surface area (Å²) in [5, 5.41) is 0. The maximum atomic E-state index is 11.7. The smallest absolute Gasteiger partial charge is 0.225 e. The molecule has 1 aromatic carbocycles. The van der Waals surface area contributed by atoms with Crippen molar-refractivity contribution in [2.45, 2.75) is 26.3 Å². The summed E-state index contributed by atoms with van der Waals surface area (Å²) in [4.78, 5) is 13.4. The minimum Gasteiger partial charge on any atom is -0.493 e. The van der Waals surface area contributed by atoms with Crippen molar-refractivity contribution >= 4 is 11.6 Å². The van der Waals surface area contributed by atoms with Gasteiger partial charge < -0.3 is 15.4 Å². The molecular weight excluding hydrogens is 216 g/mol. The minimum absolute atomic E-state index is 0.0869. The Balaban J connectivity index is 2.35. The van der Waals surface area contributed by atoms with Crippen molar-refractivity contribution in [1.82, 2.24) is 4.90 Å². The molecule has 1 rings (SSSR count). The van der Waals surface area contributed by atoms with Gasteiger partial charge in [0.2, 0.25) is 5.91 Å². The molecule has 94 valence electrons. The highest BCUT2D eigenvalue weighted by Crippen LogP contribution is 2.14. The lowest BCUT2D eigenvalue weighted by Gasteiger charge is -2.21. The first-order valence-electron chi connectivity index (χ1n) is 5.74. The van der Waals surface area contributed by atoms with Gasteiger partial charge in [-0.2, -0.15) is 0 Å². The molecule has 0 saturated carbocycles. The number of hydrogen-bond acceptors (Lipinski definition) is 3. The number of rotatable bonds is 5. The van der Waals surface area contributed by atoms with Gasteiger partial charge >= 0.3 is 0 Å². The van der Waals surface area contributed by atoms with Gasteiger partial charge in [-0.15, -0.1) is 0 Å². The molecule has 0 aliphatic carbocycles. The molecule has 0 aliphatic heterocycles. The SMILES string of the molecule is CC(C)N(C)C(=O)CCOc1cccc(N)c1. The largest absolute Gasteiger partial charge is 0.493 e. The summed E-state index contributed by atoms with van der Waals surface area (Å²) in [6.45, 7) is 4.34. The third kappa shape index (κ3) is 4.34. The summed E-state index contributed by atoms with van der Waals surface area (Å²) in [6.07, 6.45) is 0.378. The number of carbonyl (C=O) groups excluding carboxylic acids is 1. The van der Waals surface area contributed by atoms with Crippen LogP contribution in [0.25, 0.3) is 0 Å². The van der Waals surface area contributed by atoms with Crippen LogP contribution in [0, 0.1) is 0 Å². The number of anilines is 1. The number of benzene rings is 1. The molecule has 0 saturated heterocycles. The average Bonchev–Trinajstić information content (AvgIpc) is 2.27. The molecule has 4 heteroatoms. The van der Waals surface area contributed by atoms with Crippen molar-refractivity contribution < 1.29 is 9.53 Å². The van der Waals surface area contributed by atoms with Gasteiger partial charge in [-0.1, -0.05) is 6.07 Å². The summed E-state index contributed by atoms with van der Waals surface area (Å²) in [7, 11) is 1.80. The summed E-state index contributed by atoms with van der Waals surface area (Å²) in [5.74, 6) is 0.786. The van der Waals surface area contributed by atoms with Crippen LogP contribution in [0.3, 0.4) is 0 Å². The number of nitrogens with two attached hydrogens (primary N) is 1. The maximum Gasteiger partial charge on any atom is 0.225 e. The second-order valence-corrected chi connectivity index (χ2v) is 4.27. The molecule has 0 aliphatic rings. The van der Waals surface area contributed by atoms with E-state index in [-0.39, 0.29) is 11.9 Å². The van der Waals surface area contributed by atoms with E-state index in [9.17, 15) is 4.79 Å². The Morgan fingerprint density at radius 2 is 2.18 bits per heavy atom. The third-order valence-electron chi connectivity index (χ3n) is 2.61. The molecule has 0 heterocycles. The van der Waals surface area contributed by atoms with Gasteiger partial charge in [0.05, 0.1) is 13.0 Å². The second-order valence-electron chi connectivity index (χ2n) is 4.27. The fourth-order valence-corrected chi connectivity index (χ4v) is 1.32. The number of carbonyl (C=O) groups is 1. The maximum absolute atomic E-state index is 11.7. The lowest BCUT2D eigenvalue weighted by atomic mass is 10.3. The Bertz CT molecular complexity index is 377. The highest BCUT2D eigenvalue weighted by atomic mass is 16.5. The quantitative estimate of drug-likeness (QED) is 0.794. The van der Waals surface area contributed by atoms with E-state index >= 15 is 0 Å². The van der Waals surface area contributed by atoms with E-state index < -0.39 is 0 Å². The van der Waals surface area contributed by atoms with E-state index in [0.29, 0.717) is 24.5 Å². The van der Waals surface area contributed by atoms with E-state index in [1.807, 2.05) is 26.0 Å². The van der Waals surface area contributed by atoms with E-state index in [1.165, 1.54) is 0 Å². The van der Waals surface area contributed by atoms with Crippen LogP contribution in [0.5, 0.6) is 5.75 Å². The molecule has 4 nitrogen and oxygen atoms in total. The van der Waals surface area contributed by atoms with Crippen LogP contribution < -0.4 is 10.5 Å². The molecular formula is C13H20N2O2. The fraction of sp³-hybridized carbons (Fsp3) is 0.462. The predicted molar refractivity (Wildman–Crippen MR) is 68.9 cm³/mol.